The third-order valence-electron chi connectivity index (χ3n) is 6.07. The zero-order chi connectivity index (χ0) is 14.7. The highest BCUT2D eigenvalue weighted by Gasteiger charge is 2.41. The van der Waals surface area contributed by atoms with Gasteiger partial charge in [0.2, 0.25) is 0 Å². The molecule has 0 aromatic carbocycles. The Labute approximate surface area is 130 Å². The molecule has 3 aliphatic rings. The Morgan fingerprint density at radius 2 is 1.86 bits per heavy atom. The molecular formula is C18H34N2O. The molecule has 0 aromatic rings. The van der Waals surface area contributed by atoms with Crippen LogP contribution in [-0.4, -0.2) is 49.3 Å². The van der Waals surface area contributed by atoms with E-state index < -0.39 is 0 Å². The SMILES string of the molecule is CC(C)C1CNC2(CCCCC2)CN1CC1CCOCC1. The maximum atomic E-state index is 5.54. The molecule has 3 nitrogen and oxygen atoms in total. The molecule has 1 N–H and O–H groups in total. The predicted molar refractivity (Wildman–Crippen MR) is 87.6 cm³/mol. The first kappa shape index (κ1) is 15.8. The smallest absolute Gasteiger partial charge is 0.0469 e. The molecule has 2 heterocycles. The number of hydrogen-bond donors (Lipinski definition) is 1. The van der Waals surface area contributed by atoms with Crippen LogP contribution in [0.5, 0.6) is 0 Å². The van der Waals surface area contributed by atoms with E-state index in [2.05, 4.69) is 24.1 Å². The molecule has 1 saturated carbocycles. The van der Waals surface area contributed by atoms with Crippen molar-refractivity contribution < 1.29 is 4.74 Å². The summed E-state index contributed by atoms with van der Waals surface area (Å²) in [5.74, 6) is 1.61. The van der Waals surface area contributed by atoms with Gasteiger partial charge >= 0.3 is 0 Å². The van der Waals surface area contributed by atoms with Gasteiger partial charge in [0, 0.05) is 44.4 Å². The van der Waals surface area contributed by atoms with Crippen molar-refractivity contribution in [3.05, 3.63) is 0 Å². The standard InChI is InChI=1S/C18H34N2O/c1-15(2)17-12-19-18(8-4-3-5-9-18)14-20(17)13-16-6-10-21-11-7-16/h15-17,19H,3-14H2,1-2H3. The van der Waals surface area contributed by atoms with Crippen molar-refractivity contribution in [1.29, 1.82) is 0 Å². The summed E-state index contributed by atoms with van der Waals surface area (Å²) in [5, 5.41) is 3.97. The van der Waals surface area contributed by atoms with Crippen LogP contribution in [0.2, 0.25) is 0 Å². The average molecular weight is 294 g/mol. The van der Waals surface area contributed by atoms with Crippen LogP contribution < -0.4 is 5.32 Å². The predicted octanol–water partition coefficient (Wildman–Crippen LogP) is 3.05. The van der Waals surface area contributed by atoms with E-state index in [9.17, 15) is 0 Å². The summed E-state index contributed by atoms with van der Waals surface area (Å²) in [5.41, 5.74) is 0.439. The zero-order valence-electron chi connectivity index (χ0n) is 14.1. The summed E-state index contributed by atoms with van der Waals surface area (Å²) in [7, 11) is 0. The van der Waals surface area contributed by atoms with Gasteiger partial charge in [-0.1, -0.05) is 33.1 Å². The van der Waals surface area contributed by atoms with E-state index in [1.807, 2.05) is 0 Å². The monoisotopic (exact) mass is 294 g/mol. The molecule has 1 unspecified atom stereocenters. The lowest BCUT2D eigenvalue weighted by molar-refractivity contribution is 0.00182. The third kappa shape index (κ3) is 3.80. The minimum absolute atomic E-state index is 0.439. The van der Waals surface area contributed by atoms with Gasteiger partial charge in [-0.25, -0.2) is 0 Å². The Bertz CT molecular complexity index is 319. The van der Waals surface area contributed by atoms with Crippen LogP contribution in [0.25, 0.3) is 0 Å². The minimum atomic E-state index is 0.439. The van der Waals surface area contributed by atoms with Crippen LogP contribution in [0, 0.1) is 11.8 Å². The number of nitrogens with one attached hydrogen (secondary N) is 1. The second-order valence-electron chi connectivity index (χ2n) is 8.02. The lowest BCUT2D eigenvalue weighted by atomic mass is 9.78. The van der Waals surface area contributed by atoms with E-state index in [-0.39, 0.29) is 0 Å². The van der Waals surface area contributed by atoms with E-state index >= 15 is 0 Å². The van der Waals surface area contributed by atoms with Crippen molar-refractivity contribution in [1.82, 2.24) is 10.2 Å². The highest BCUT2D eigenvalue weighted by molar-refractivity contribution is 5.00. The van der Waals surface area contributed by atoms with Crippen LogP contribution in [0.15, 0.2) is 0 Å². The summed E-state index contributed by atoms with van der Waals surface area (Å²) in [6.45, 7) is 10.5. The van der Waals surface area contributed by atoms with E-state index in [0.29, 0.717) is 5.54 Å². The molecule has 0 bridgehead atoms. The first-order valence-corrected chi connectivity index (χ1v) is 9.25. The largest absolute Gasteiger partial charge is 0.381 e. The second-order valence-corrected chi connectivity index (χ2v) is 8.02. The van der Waals surface area contributed by atoms with Crippen LogP contribution in [0.3, 0.4) is 0 Å². The van der Waals surface area contributed by atoms with Gasteiger partial charge in [-0.15, -0.1) is 0 Å². The topological polar surface area (TPSA) is 24.5 Å². The molecule has 3 fully saturated rings. The molecule has 1 atom stereocenters. The van der Waals surface area contributed by atoms with Crippen molar-refractivity contribution in [2.45, 2.75) is 70.4 Å². The molecule has 2 saturated heterocycles. The molecule has 2 aliphatic heterocycles. The molecule has 0 aromatic heterocycles. The van der Waals surface area contributed by atoms with Crippen LogP contribution in [0.1, 0.15) is 58.8 Å². The summed E-state index contributed by atoms with van der Waals surface area (Å²) >= 11 is 0. The Kier molecular flexibility index (Phi) is 5.23. The van der Waals surface area contributed by atoms with Crippen molar-refractivity contribution >= 4 is 0 Å². The van der Waals surface area contributed by atoms with Gasteiger partial charge in [0.1, 0.15) is 0 Å². The van der Waals surface area contributed by atoms with E-state index in [1.54, 1.807) is 0 Å². The Balaban J connectivity index is 1.65. The molecule has 1 aliphatic carbocycles. The van der Waals surface area contributed by atoms with Gasteiger partial charge in [-0.2, -0.15) is 0 Å². The Morgan fingerprint density at radius 1 is 1.14 bits per heavy atom. The average Bonchev–Trinajstić information content (AvgIpc) is 2.49. The number of nitrogens with zero attached hydrogens (tertiary/aromatic N) is 1. The summed E-state index contributed by atoms with van der Waals surface area (Å²) in [6.07, 6.45) is 9.60. The van der Waals surface area contributed by atoms with Gasteiger partial charge in [0.15, 0.2) is 0 Å². The fourth-order valence-electron chi connectivity index (χ4n) is 4.69. The zero-order valence-corrected chi connectivity index (χ0v) is 14.1. The quantitative estimate of drug-likeness (QED) is 0.866. The van der Waals surface area contributed by atoms with Gasteiger partial charge in [0.25, 0.3) is 0 Å². The van der Waals surface area contributed by atoms with Crippen LogP contribution in [-0.2, 0) is 4.74 Å². The summed E-state index contributed by atoms with van der Waals surface area (Å²) in [4.78, 5) is 2.85. The Hall–Kier alpha value is -0.120. The fraction of sp³-hybridized carbons (Fsp3) is 1.00. The Morgan fingerprint density at radius 3 is 2.52 bits per heavy atom. The highest BCUT2D eigenvalue weighted by Crippen LogP contribution is 2.34. The number of hydrogen-bond acceptors (Lipinski definition) is 3. The van der Waals surface area contributed by atoms with E-state index in [1.165, 1.54) is 64.6 Å². The van der Waals surface area contributed by atoms with E-state index in [4.69, 9.17) is 4.74 Å². The lowest BCUT2D eigenvalue weighted by Gasteiger charge is -2.51. The van der Waals surface area contributed by atoms with Gasteiger partial charge in [0.05, 0.1) is 0 Å². The summed E-state index contributed by atoms with van der Waals surface area (Å²) < 4.78 is 5.54. The normalized spacial score (nSPS) is 31.9. The van der Waals surface area contributed by atoms with Crippen molar-refractivity contribution in [3.8, 4) is 0 Å². The van der Waals surface area contributed by atoms with Gasteiger partial charge in [-0.05, 0) is 37.5 Å². The molecular weight excluding hydrogens is 260 g/mol. The highest BCUT2D eigenvalue weighted by atomic mass is 16.5. The molecule has 21 heavy (non-hydrogen) atoms. The molecule has 3 rings (SSSR count). The number of ether oxygens (including phenoxy) is 1. The number of piperazine rings is 1. The first-order chi connectivity index (χ1) is 10.2. The summed E-state index contributed by atoms with van der Waals surface area (Å²) in [6, 6.07) is 0.723. The van der Waals surface area contributed by atoms with Crippen LogP contribution >= 0.6 is 0 Å². The van der Waals surface area contributed by atoms with E-state index in [0.717, 1.165) is 31.1 Å². The fourth-order valence-corrected chi connectivity index (χ4v) is 4.69. The van der Waals surface area contributed by atoms with Gasteiger partial charge in [-0.3, -0.25) is 4.90 Å². The maximum Gasteiger partial charge on any atom is 0.0469 e. The molecule has 0 amide bonds. The van der Waals surface area contributed by atoms with Crippen molar-refractivity contribution in [3.63, 3.8) is 0 Å². The van der Waals surface area contributed by atoms with Crippen molar-refractivity contribution in [2.24, 2.45) is 11.8 Å². The third-order valence-corrected chi connectivity index (χ3v) is 6.07. The molecule has 0 radical (unpaired) electrons. The molecule has 1 spiro atoms. The second kappa shape index (κ2) is 6.97. The molecule has 3 heteroatoms. The van der Waals surface area contributed by atoms with Crippen LogP contribution in [0.4, 0.5) is 0 Å². The molecule has 122 valence electrons. The van der Waals surface area contributed by atoms with Crippen molar-refractivity contribution in [2.75, 3.05) is 32.8 Å². The lowest BCUT2D eigenvalue weighted by Crippen LogP contribution is -2.66. The minimum Gasteiger partial charge on any atom is -0.381 e. The first-order valence-electron chi connectivity index (χ1n) is 9.25. The number of rotatable bonds is 3. The van der Waals surface area contributed by atoms with Gasteiger partial charge < -0.3 is 10.1 Å². The maximum absolute atomic E-state index is 5.54.